The highest BCUT2D eigenvalue weighted by molar-refractivity contribution is 7.99. The number of rotatable bonds is 7. The van der Waals surface area contributed by atoms with Gasteiger partial charge in [0.15, 0.2) is 0 Å². The normalized spacial score (nSPS) is 10.7. The topological polar surface area (TPSA) is 72.7 Å². The van der Waals surface area contributed by atoms with Crippen molar-refractivity contribution in [3.05, 3.63) is 65.5 Å². The van der Waals surface area contributed by atoms with Gasteiger partial charge in [-0.1, -0.05) is 42.1 Å². The molecule has 0 atom stereocenters. The van der Waals surface area contributed by atoms with E-state index < -0.39 is 0 Å². The fraction of sp³-hybridized carbons (Fsp3) is 0.222. The minimum Gasteiger partial charge on any atom is -0.355 e. The van der Waals surface area contributed by atoms with Crippen molar-refractivity contribution < 1.29 is 9.18 Å². The molecule has 0 spiro atoms. The summed E-state index contributed by atoms with van der Waals surface area (Å²) in [5.74, 6) is -0.288. The van der Waals surface area contributed by atoms with Crippen LogP contribution in [0.2, 0.25) is 0 Å². The lowest BCUT2D eigenvalue weighted by Gasteiger charge is -2.07. The van der Waals surface area contributed by atoms with Crippen LogP contribution in [-0.2, 0) is 11.2 Å². The summed E-state index contributed by atoms with van der Waals surface area (Å²) in [7, 11) is 0. The summed E-state index contributed by atoms with van der Waals surface area (Å²) in [6.07, 6.45) is 0.782. The van der Waals surface area contributed by atoms with Gasteiger partial charge in [-0.3, -0.25) is 4.79 Å². The number of hydrogen-bond acceptors (Lipinski definition) is 5. The number of thioether (sulfide) groups is 1. The van der Waals surface area contributed by atoms with E-state index >= 15 is 0 Å². The van der Waals surface area contributed by atoms with Crippen LogP contribution < -0.4 is 5.32 Å². The van der Waals surface area contributed by atoms with Crippen LogP contribution in [0, 0.1) is 12.7 Å². The molecule has 1 N–H and O–H groups in total. The van der Waals surface area contributed by atoms with Gasteiger partial charge in [0, 0.05) is 6.54 Å². The van der Waals surface area contributed by atoms with Crippen molar-refractivity contribution in [3.8, 4) is 5.69 Å². The first-order valence-corrected chi connectivity index (χ1v) is 9.10. The summed E-state index contributed by atoms with van der Waals surface area (Å²) in [4.78, 5) is 12.0. The average Bonchev–Trinajstić information content (AvgIpc) is 3.10. The van der Waals surface area contributed by atoms with Gasteiger partial charge in [0.2, 0.25) is 11.1 Å². The van der Waals surface area contributed by atoms with Gasteiger partial charge in [-0.2, -0.15) is 4.68 Å². The average molecular weight is 371 g/mol. The van der Waals surface area contributed by atoms with E-state index in [1.807, 2.05) is 12.1 Å². The lowest BCUT2D eigenvalue weighted by Crippen LogP contribution is -2.27. The number of amides is 1. The molecule has 0 bridgehead atoms. The molecule has 2 aromatic carbocycles. The Labute approximate surface area is 154 Å². The third-order valence-electron chi connectivity index (χ3n) is 3.80. The second-order valence-corrected chi connectivity index (χ2v) is 6.61. The molecule has 3 rings (SSSR count). The van der Waals surface area contributed by atoms with E-state index in [0.29, 0.717) is 17.4 Å². The molecular formula is C18H18FN5OS. The molecule has 0 fully saturated rings. The molecule has 1 heterocycles. The summed E-state index contributed by atoms with van der Waals surface area (Å²) < 4.78 is 14.8. The zero-order chi connectivity index (χ0) is 18.4. The van der Waals surface area contributed by atoms with Crippen molar-refractivity contribution in [1.82, 2.24) is 25.5 Å². The quantitative estimate of drug-likeness (QED) is 0.646. The first-order chi connectivity index (χ1) is 12.6. The van der Waals surface area contributed by atoms with Crippen LogP contribution in [0.3, 0.4) is 0 Å². The number of halogens is 1. The highest BCUT2D eigenvalue weighted by Crippen LogP contribution is 2.18. The third-order valence-corrected chi connectivity index (χ3v) is 4.72. The van der Waals surface area contributed by atoms with Gasteiger partial charge >= 0.3 is 0 Å². The van der Waals surface area contributed by atoms with E-state index in [2.05, 4.69) is 39.9 Å². The second-order valence-electron chi connectivity index (χ2n) is 5.67. The van der Waals surface area contributed by atoms with Crippen LogP contribution in [-0.4, -0.2) is 38.4 Å². The van der Waals surface area contributed by atoms with Gasteiger partial charge in [-0.05, 0) is 53.1 Å². The Hall–Kier alpha value is -2.74. The molecule has 0 aliphatic heterocycles. The molecule has 134 valence electrons. The zero-order valence-corrected chi connectivity index (χ0v) is 15.0. The Morgan fingerprint density at radius 1 is 1.23 bits per heavy atom. The van der Waals surface area contributed by atoms with E-state index in [9.17, 15) is 9.18 Å². The van der Waals surface area contributed by atoms with Crippen molar-refractivity contribution in [1.29, 1.82) is 0 Å². The van der Waals surface area contributed by atoms with Gasteiger partial charge in [0.25, 0.3) is 0 Å². The van der Waals surface area contributed by atoms with Crippen LogP contribution in [0.4, 0.5) is 4.39 Å². The molecule has 0 saturated carbocycles. The number of aromatic nitrogens is 4. The summed E-state index contributed by atoms with van der Waals surface area (Å²) in [5.41, 5.74) is 2.94. The fourth-order valence-electron chi connectivity index (χ4n) is 2.45. The molecule has 0 unspecified atom stereocenters. The van der Waals surface area contributed by atoms with Crippen molar-refractivity contribution in [2.24, 2.45) is 0 Å². The number of hydrogen-bond donors (Lipinski definition) is 1. The number of nitrogens with one attached hydrogen (secondary N) is 1. The molecular weight excluding hydrogens is 353 g/mol. The highest BCUT2D eigenvalue weighted by atomic mass is 32.2. The van der Waals surface area contributed by atoms with Crippen molar-refractivity contribution >= 4 is 17.7 Å². The minimum atomic E-state index is -0.372. The Morgan fingerprint density at radius 3 is 2.88 bits per heavy atom. The number of aryl methyl sites for hydroxylation is 1. The van der Waals surface area contributed by atoms with Crippen LogP contribution in [0.5, 0.6) is 0 Å². The maximum absolute atomic E-state index is 13.4. The number of tetrazole rings is 1. The first kappa shape index (κ1) is 18.1. The Morgan fingerprint density at radius 2 is 2.08 bits per heavy atom. The third kappa shape index (κ3) is 4.66. The van der Waals surface area contributed by atoms with E-state index in [4.69, 9.17) is 0 Å². The van der Waals surface area contributed by atoms with Gasteiger partial charge in [0.1, 0.15) is 5.82 Å². The highest BCUT2D eigenvalue weighted by Gasteiger charge is 2.12. The van der Waals surface area contributed by atoms with Crippen LogP contribution in [0.15, 0.2) is 53.7 Å². The Bertz CT molecular complexity index is 899. The van der Waals surface area contributed by atoms with Crippen LogP contribution >= 0.6 is 11.8 Å². The predicted octanol–water partition coefficient (Wildman–Crippen LogP) is 2.56. The van der Waals surface area contributed by atoms with Crippen molar-refractivity contribution in [2.45, 2.75) is 18.5 Å². The molecule has 26 heavy (non-hydrogen) atoms. The van der Waals surface area contributed by atoms with Crippen molar-refractivity contribution in [3.63, 3.8) is 0 Å². The minimum absolute atomic E-state index is 0.0997. The summed E-state index contributed by atoms with van der Waals surface area (Å²) in [6, 6.07) is 14.1. The van der Waals surface area contributed by atoms with Gasteiger partial charge in [-0.15, -0.1) is 5.10 Å². The SMILES string of the molecule is Cc1ccccc1CCNC(=O)CSc1nnnn1-c1cccc(F)c1. The largest absolute Gasteiger partial charge is 0.355 e. The lowest BCUT2D eigenvalue weighted by molar-refractivity contribution is -0.118. The lowest BCUT2D eigenvalue weighted by atomic mass is 10.1. The Kier molecular flexibility index (Phi) is 5.96. The van der Waals surface area contributed by atoms with Gasteiger partial charge in [0.05, 0.1) is 11.4 Å². The van der Waals surface area contributed by atoms with E-state index in [1.165, 1.54) is 39.7 Å². The molecule has 3 aromatic rings. The predicted molar refractivity (Wildman–Crippen MR) is 97.7 cm³/mol. The molecule has 1 aromatic heterocycles. The number of nitrogens with zero attached hydrogens (tertiary/aromatic N) is 4. The molecule has 0 saturated heterocycles. The van der Waals surface area contributed by atoms with E-state index in [-0.39, 0.29) is 17.5 Å². The summed E-state index contributed by atoms with van der Waals surface area (Å²) in [6.45, 7) is 2.62. The summed E-state index contributed by atoms with van der Waals surface area (Å²) >= 11 is 1.20. The molecule has 1 amide bonds. The monoisotopic (exact) mass is 371 g/mol. The first-order valence-electron chi connectivity index (χ1n) is 8.12. The maximum Gasteiger partial charge on any atom is 0.230 e. The van der Waals surface area contributed by atoms with Gasteiger partial charge < -0.3 is 5.32 Å². The van der Waals surface area contributed by atoms with Crippen molar-refractivity contribution in [2.75, 3.05) is 12.3 Å². The van der Waals surface area contributed by atoms with E-state index in [0.717, 1.165) is 6.42 Å². The molecule has 6 nitrogen and oxygen atoms in total. The number of carbonyl (C=O) groups excluding carboxylic acids is 1. The van der Waals surface area contributed by atoms with Crippen LogP contribution in [0.25, 0.3) is 5.69 Å². The smallest absolute Gasteiger partial charge is 0.230 e. The maximum atomic E-state index is 13.4. The molecule has 0 radical (unpaired) electrons. The number of benzene rings is 2. The molecule has 0 aliphatic rings. The molecule has 8 heteroatoms. The molecule has 0 aliphatic carbocycles. The second kappa shape index (κ2) is 8.57. The van der Waals surface area contributed by atoms with E-state index in [1.54, 1.807) is 12.1 Å². The number of carbonyl (C=O) groups is 1. The Balaban J connectivity index is 1.51. The van der Waals surface area contributed by atoms with Crippen LogP contribution in [0.1, 0.15) is 11.1 Å². The standard InChI is InChI=1S/C18H18FN5OS/c1-13-5-2-3-6-14(13)9-10-20-17(25)12-26-18-21-22-23-24(18)16-8-4-7-15(19)11-16/h2-8,11H,9-10,12H2,1H3,(H,20,25). The fourth-order valence-corrected chi connectivity index (χ4v) is 3.17. The summed E-state index contributed by atoms with van der Waals surface area (Å²) in [5, 5.41) is 14.7. The zero-order valence-electron chi connectivity index (χ0n) is 14.2. The van der Waals surface area contributed by atoms with Gasteiger partial charge in [-0.25, -0.2) is 4.39 Å².